The standard InChI is InChI=1S/C11H21NO/c1-4-7-10(12-5-2)11(13-3)8-6-9-11/h4,10,12H,1,5-9H2,2-3H3. The van der Waals surface area contributed by atoms with Crippen LogP contribution in [0.2, 0.25) is 0 Å². The summed E-state index contributed by atoms with van der Waals surface area (Å²) in [7, 11) is 1.83. The summed E-state index contributed by atoms with van der Waals surface area (Å²) in [5.74, 6) is 0. The zero-order valence-electron chi connectivity index (χ0n) is 8.81. The minimum Gasteiger partial charge on any atom is -0.377 e. The van der Waals surface area contributed by atoms with Crippen LogP contribution in [0.15, 0.2) is 12.7 Å². The summed E-state index contributed by atoms with van der Waals surface area (Å²) in [6, 6.07) is 0.453. The normalized spacial score (nSPS) is 22.0. The monoisotopic (exact) mass is 183 g/mol. The highest BCUT2D eigenvalue weighted by molar-refractivity contribution is 5.01. The van der Waals surface area contributed by atoms with E-state index in [0.717, 1.165) is 13.0 Å². The molecule has 1 N–H and O–H groups in total. The Kier molecular flexibility index (Phi) is 3.94. The minimum atomic E-state index is 0.101. The van der Waals surface area contributed by atoms with Crippen molar-refractivity contribution in [1.82, 2.24) is 5.32 Å². The number of ether oxygens (including phenoxy) is 1. The summed E-state index contributed by atoms with van der Waals surface area (Å²) < 4.78 is 5.63. The van der Waals surface area contributed by atoms with Gasteiger partial charge in [-0.25, -0.2) is 0 Å². The Balaban J connectivity index is 2.54. The molecule has 1 aliphatic carbocycles. The van der Waals surface area contributed by atoms with Gasteiger partial charge >= 0.3 is 0 Å². The van der Waals surface area contributed by atoms with Gasteiger partial charge in [-0.2, -0.15) is 0 Å². The molecular formula is C11H21NO. The van der Waals surface area contributed by atoms with Gasteiger partial charge in [0.05, 0.1) is 5.60 Å². The molecule has 13 heavy (non-hydrogen) atoms. The highest BCUT2D eigenvalue weighted by Gasteiger charge is 2.43. The van der Waals surface area contributed by atoms with Crippen LogP contribution in [0.1, 0.15) is 32.6 Å². The maximum Gasteiger partial charge on any atom is 0.0834 e. The van der Waals surface area contributed by atoms with Gasteiger partial charge in [0.25, 0.3) is 0 Å². The predicted molar refractivity (Wildman–Crippen MR) is 55.9 cm³/mol. The van der Waals surface area contributed by atoms with Crippen LogP contribution < -0.4 is 5.32 Å². The molecule has 2 nitrogen and oxygen atoms in total. The third kappa shape index (κ3) is 2.12. The molecule has 0 heterocycles. The lowest BCUT2D eigenvalue weighted by molar-refractivity contribution is -0.0972. The van der Waals surface area contributed by atoms with Gasteiger partial charge in [0, 0.05) is 13.2 Å². The fourth-order valence-corrected chi connectivity index (χ4v) is 2.12. The van der Waals surface area contributed by atoms with E-state index >= 15 is 0 Å². The van der Waals surface area contributed by atoms with Crippen LogP contribution in [0.3, 0.4) is 0 Å². The van der Waals surface area contributed by atoms with Gasteiger partial charge in [-0.15, -0.1) is 6.58 Å². The number of rotatable bonds is 6. The molecule has 0 saturated heterocycles. The molecule has 0 aromatic carbocycles. The van der Waals surface area contributed by atoms with Crippen molar-refractivity contribution in [3.05, 3.63) is 12.7 Å². The van der Waals surface area contributed by atoms with Crippen LogP contribution in [0.5, 0.6) is 0 Å². The molecule has 76 valence electrons. The van der Waals surface area contributed by atoms with E-state index in [1.54, 1.807) is 0 Å². The summed E-state index contributed by atoms with van der Waals surface area (Å²) in [4.78, 5) is 0. The Labute approximate surface area is 81.4 Å². The zero-order chi connectivity index (χ0) is 9.73. The Morgan fingerprint density at radius 3 is 2.62 bits per heavy atom. The van der Waals surface area contributed by atoms with E-state index in [2.05, 4.69) is 18.8 Å². The molecule has 0 aliphatic heterocycles. The first-order chi connectivity index (χ1) is 6.29. The Morgan fingerprint density at radius 1 is 1.62 bits per heavy atom. The number of likely N-dealkylation sites (N-methyl/N-ethyl adjacent to an activating group) is 1. The van der Waals surface area contributed by atoms with Crippen LogP contribution in [-0.2, 0) is 4.74 Å². The van der Waals surface area contributed by atoms with Crippen LogP contribution in [0.4, 0.5) is 0 Å². The summed E-state index contributed by atoms with van der Waals surface area (Å²) in [6.45, 7) is 6.93. The van der Waals surface area contributed by atoms with Crippen molar-refractivity contribution in [3.63, 3.8) is 0 Å². The molecule has 1 fully saturated rings. The molecule has 1 aliphatic rings. The average molecular weight is 183 g/mol. The topological polar surface area (TPSA) is 21.3 Å². The summed E-state index contributed by atoms with van der Waals surface area (Å²) in [5.41, 5.74) is 0.101. The molecule has 2 heteroatoms. The second kappa shape index (κ2) is 4.77. The van der Waals surface area contributed by atoms with Gasteiger partial charge in [-0.05, 0) is 32.2 Å². The van der Waals surface area contributed by atoms with E-state index in [-0.39, 0.29) is 5.60 Å². The van der Waals surface area contributed by atoms with Crippen molar-refractivity contribution in [2.45, 2.75) is 44.2 Å². The predicted octanol–water partition coefficient (Wildman–Crippen LogP) is 2.11. The first-order valence-electron chi connectivity index (χ1n) is 5.18. The second-order valence-electron chi connectivity index (χ2n) is 3.76. The number of hydrogen-bond acceptors (Lipinski definition) is 2. The molecular weight excluding hydrogens is 162 g/mol. The van der Waals surface area contributed by atoms with E-state index in [9.17, 15) is 0 Å². The highest BCUT2D eigenvalue weighted by Crippen LogP contribution is 2.39. The first-order valence-corrected chi connectivity index (χ1v) is 5.18. The van der Waals surface area contributed by atoms with Crippen molar-refractivity contribution in [2.24, 2.45) is 0 Å². The van der Waals surface area contributed by atoms with Gasteiger partial charge in [-0.3, -0.25) is 0 Å². The van der Waals surface area contributed by atoms with Crippen LogP contribution in [-0.4, -0.2) is 25.3 Å². The largest absolute Gasteiger partial charge is 0.377 e. The van der Waals surface area contributed by atoms with Crippen LogP contribution >= 0.6 is 0 Å². The van der Waals surface area contributed by atoms with E-state index < -0.39 is 0 Å². The van der Waals surface area contributed by atoms with Gasteiger partial charge in [0.15, 0.2) is 0 Å². The van der Waals surface area contributed by atoms with Gasteiger partial charge in [0.2, 0.25) is 0 Å². The maximum atomic E-state index is 5.63. The van der Waals surface area contributed by atoms with E-state index in [1.807, 2.05) is 13.2 Å². The number of nitrogens with one attached hydrogen (secondary N) is 1. The van der Waals surface area contributed by atoms with Crippen molar-refractivity contribution in [1.29, 1.82) is 0 Å². The SMILES string of the molecule is C=CCC(NCC)C1(OC)CCC1. The van der Waals surface area contributed by atoms with Crippen LogP contribution in [0.25, 0.3) is 0 Å². The van der Waals surface area contributed by atoms with Gasteiger partial charge in [-0.1, -0.05) is 13.0 Å². The Bertz CT molecular complexity index is 158. The fraction of sp³-hybridized carbons (Fsp3) is 0.818. The molecule has 1 atom stereocenters. The maximum absolute atomic E-state index is 5.63. The minimum absolute atomic E-state index is 0.101. The summed E-state index contributed by atoms with van der Waals surface area (Å²) in [5, 5.41) is 3.48. The Morgan fingerprint density at radius 2 is 2.31 bits per heavy atom. The molecule has 1 unspecified atom stereocenters. The van der Waals surface area contributed by atoms with E-state index in [0.29, 0.717) is 6.04 Å². The average Bonchev–Trinajstić information content (AvgIpc) is 2.04. The van der Waals surface area contributed by atoms with Gasteiger partial charge < -0.3 is 10.1 Å². The molecule has 0 spiro atoms. The summed E-state index contributed by atoms with van der Waals surface area (Å²) in [6.07, 6.45) is 6.66. The van der Waals surface area contributed by atoms with Crippen molar-refractivity contribution >= 4 is 0 Å². The van der Waals surface area contributed by atoms with E-state index in [4.69, 9.17) is 4.74 Å². The quantitative estimate of drug-likeness (QED) is 0.637. The third-order valence-corrected chi connectivity index (χ3v) is 3.09. The lowest BCUT2D eigenvalue weighted by Gasteiger charge is -2.46. The van der Waals surface area contributed by atoms with Gasteiger partial charge in [0.1, 0.15) is 0 Å². The third-order valence-electron chi connectivity index (χ3n) is 3.09. The molecule has 0 aromatic heterocycles. The first kappa shape index (κ1) is 10.7. The molecule has 0 aromatic rings. The second-order valence-corrected chi connectivity index (χ2v) is 3.76. The smallest absolute Gasteiger partial charge is 0.0834 e. The Hall–Kier alpha value is -0.340. The molecule has 0 radical (unpaired) electrons. The van der Waals surface area contributed by atoms with Crippen molar-refractivity contribution in [2.75, 3.05) is 13.7 Å². The van der Waals surface area contributed by atoms with E-state index in [1.165, 1.54) is 19.3 Å². The molecule has 0 bridgehead atoms. The summed E-state index contributed by atoms with van der Waals surface area (Å²) >= 11 is 0. The molecule has 0 amide bonds. The van der Waals surface area contributed by atoms with Crippen molar-refractivity contribution in [3.8, 4) is 0 Å². The fourth-order valence-electron chi connectivity index (χ4n) is 2.12. The lowest BCUT2D eigenvalue weighted by Crippen LogP contribution is -2.56. The molecule has 1 rings (SSSR count). The van der Waals surface area contributed by atoms with Crippen molar-refractivity contribution < 1.29 is 4.74 Å². The molecule has 1 saturated carbocycles. The lowest BCUT2D eigenvalue weighted by atomic mass is 9.73. The number of hydrogen-bond donors (Lipinski definition) is 1. The number of methoxy groups -OCH3 is 1. The van der Waals surface area contributed by atoms with Crippen LogP contribution in [0, 0.1) is 0 Å². The zero-order valence-corrected chi connectivity index (χ0v) is 8.81. The highest BCUT2D eigenvalue weighted by atomic mass is 16.5.